The first-order valence-electron chi connectivity index (χ1n) is 10.6. The van der Waals surface area contributed by atoms with Gasteiger partial charge in [0, 0.05) is 16.7 Å². The van der Waals surface area contributed by atoms with Crippen LogP contribution in [0.1, 0.15) is 52.9 Å². The molecule has 2 N–H and O–H groups in total. The van der Waals surface area contributed by atoms with Crippen LogP contribution in [-0.4, -0.2) is 28.8 Å². The molecule has 0 saturated carbocycles. The van der Waals surface area contributed by atoms with Crippen LogP contribution in [0.25, 0.3) is 0 Å². The number of hydrazine groups is 1. The van der Waals surface area contributed by atoms with E-state index in [1.165, 1.54) is 29.8 Å². The Labute approximate surface area is 186 Å². The minimum absolute atomic E-state index is 0.290. The average Bonchev–Trinajstić information content (AvgIpc) is 3.09. The third-order valence-electron chi connectivity index (χ3n) is 5.56. The number of halogens is 1. The highest BCUT2D eigenvalue weighted by atomic mass is 19.1. The Morgan fingerprint density at radius 3 is 2.28 bits per heavy atom. The van der Waals surface area contributed by atoms with E-state index in [0.29, 0.717) is 5.92 Å². The zero-order valence-corrected chi connectivity index (χ0v) is 18.0. The van der Waals surface area contributed by atoms with Gasteiger partial charge in [-0.25, -0.2) is 4.39 Å². The van der Waals surface area contributed by atoms with Gasteiger partial charge in [-0.2, -0.15) is 0 Å². The van der Waals surface area contributed by atoms with Crippen molar-refractivity contribution in [3.63, 3.8) is 0 Å². The highest BCUT2D eigenvalue weighted by molar-refractivity contribution is 5.98. The van der Waals surface area contributed by atoms with Gasteiger partial charge >= 0.3 is 5.91 Å². The van der Waals surface area contributed by atoms with Crippen molar-refractivity contribution >= 4 is 18.0 Å². The van der Waals surface area contributed by atoms with Gasteiger partial charge in [-0.05, 0) is 47.9 Å². The van der Waals surface area contributed by atoms with Gasteiger partial charge in [0.2, 0.25) is 12.3 Å². The van der Waals surface area contributed by atoms with Crippen molar-refractivity contribution in [3.05, 3.63) is 107 Å². The average molecular weight is 431 g/mol. The monoisotopic (exact) mass is 430 g/mol. The fraction of sp³-hybridized carbons (Fsp3) is 0.192. The minimum atomic E-state index is -0.818. The van der Waals surface area contributed by atoms with Crippen molar-refractivity contribution in [3.8, 4) is 0 Å². The number of benzene rings is 3. The molecule has 1 heterocycles. The molecule has 3 aromatic carbocycles. The molecule has 0 bridgehead atoms. The van der Waals surface area contributed by atoms with Crippen molar-refractivity contribution < 1.29 is 18.7 Å². The summed E-state index contributed by atoms with van der Waals surface area (Å²) in [6.07, 6.45) is 1.86. The van der Waals surface area contributed by atoms with E-state index in [4.69, 9.17) is 0 Å². The lowest BCUT2D eigenvalue weighted by atomic mass is 9.99. The molecule has 0 radical (unpaired) electrons. The van der Waals surface area contributed by atoms with E-state index >= 15 is 0 Å². The Hall–Kier alpha value is -3.80. The van der Waals surface area contributed by atoms with Crippen LogP contribution in [0.5, 0.6) is 0 Å². The summed E-state index contributed by atoms with van der Waals surface area (Å²) in [7, 11) is 0. The second-order valence-electron chi connectivity index (χ2n) is 8.15. The first-order valence-corrected chi connectivity index (χ1v) is 10.6. The summed E-state index contributed by atoms with van der Waals surface area (Å²) in [5.74, 6) is -0.746. The Kier molecular flexibility index (Phi) is 6.12. The van der Waals surface area contributed by atoms with Crippen molar-refractivity contribution in [1.82, 2.24) is 10.7 Å². The Morgan fingerprint density at radius 1 is 1.00 bits per heavy atom. The Balaban J connectivity index is 1.66. The maximum Gasteiger partial charge on any atom is 0.304 e. The standard InChI is InChI=1S/C26H24FN3O2/c1-17(2)19-10-8-18(9-11-19)16-30-24(20-6-4-3-5-7-20)23(26(32)29-30)28-25(31)21-12-14-22(27)15-13-21/h3-17,23-24H,1-2H3,(H-,28,29,31,32)/p+1/b30-16-/t23-,24-/m1/s1. The molecule has 4 rings (SSSR count). The predicted octanol–water partition coefficient (Wildman–Crippen LogP) is 3.97. The zero-order valence-electron chi connectivity index (χ0n) is 18.0. The van der Waals surface area contributed by atoms with Gasteiger partial charge < -0.3 is 5.32 Å². The first kappa shape index (κ1) is 21.4. The molecule has 162 valence electrons. The fourth-order valence-corrected chi connectivity index (χ4v) is 3.78. The van der Waals surface area contributed by atoms with E-state index in [0.717, 1.165) is 11.1 Å². The van der Waals surface area contributed by atoms with Gasteiger partial charge in [-0.1, -0.05) is 56.3 Å². The highest BCUT2D eigenvalue weighted by Gasteiger charge is 2.47. The van der Waals surface area contributed by atoms with Crippen molar-refractivity contribution in [1.29, 1.82) is 0 Å². The maximum absolute atomic E-state index is 13.2. The smallest absolute Gasteiger partial charge is 0.304 e. The lowest BCUT2D eigenvalue weighted by Crippen LogP contribution is -2.42. The second kappa shape index (κ2) is 9.14. The zero-order chi connectivity index (χ0) is 22.7. The summed E-state index contributed by atoms with van der Waals surface area (Å²) in [6.45, 7) is 4.28. The number of rotatable bonds is 5. The largest absolute Gasteiger partial charge is 0.334 e. The summed E-state index contributed by atoms with van der Waals surface area (Å²) in [5.41, 5.74) is 6.20. The van der Waals surface area contributed by atoms with Crippen LogP contribution in [0.15, 0.2) is 78.9 Å². The SMILES string of the molecule is CC(C)c1ccc(/C=[N+]2\NC(=O)[C@H](NC(=O)c3ccc(F)cc3)[C@H]2c2ccccc2)cc1. The molecule has 0 unspecified atom stereocenters. The number of nitrogens with one attached hydrogen (secondary N) is 2. The molecule has 1 aliphatic heterocycles. The minimum Gasteiger partial charge on any atom is -0.334 e. The number of carbonyl (C=O) groups is 2. The number of amides is 2. The molecule has 1 aliphatic rings. The van der Waals surface area contributed by atoms with E-state index in [1.807, 2.05) is 48.7 Å². The van der Waals surface area contributed by atoms with E-state index in [2.05, 4.69) is 36.7 Å². The van der Waals surface area contributed by atoms with Crippen LogP contribution in [-0.2, 0) is 4.79 Å². The third-order valence-corrected chi connectivity index (χ3v) is 5.56. The molecule has 2 amide bonds. The summed E-state index contributed by atoms with van der Waals surface area (Å²) < 4.78 is 15.0. The lowest BCUT2D eigenvalue weighted by molar-refractivity contribution is -0.596. The van der Waals surface area contributed by atoms with Crippen LogP contribution in [0.4, 0.5) is 4.39 Å². The second-order valence-corrected chi connectivity index (χ2v) is 8.15. The van der Waals surface area contributed by atoms with Crippen molar-refractivity contribution in [2.75, 3.05) is 0 Å². The number of hydrogen-bond donors (Lipinski definition) is 2. The molecule has 0 aliphatic carbocycles. The summed E-state index contributed by atoms with van der Waals surface area (Å²) >= 11 is 0. The quantitative estimate of drug-likeness (QED) is 0.602. The van der Waals surface area contributed by atoms with E-state index in [9.17, 15) is 14.0 Å². The van der Waals surface area contributed by atoms with Gasteiger partial charge in [-0.15, -0.1) is 10.1 Å². The van der Waals surface area contributed by atoms with Crippen LogP contribution >= 0.6 is 0 Å². The van der Waals surface area contributed by atoms with Crippen LogP contribution < -0.4 is 10.7 Å². The summed E-state index contributed by atoms with van der Waals surface area (Å²) in [6, 6.07) is 21.7. The van der Waals surface area contributed by atoms with Gasteiger partial charge in [0.25, 0.3) is 5.91 Å². The van der Waals surface area contributed by atoms with E-state index < -0.39 is 23.8 Å². The number of carbonyl (C=O) groups excluding carboxylic acids is 2. The fourth-order valence-electron chi connectivity index (χ4n) is 3.78. The van der Waals surface area contributed by atoms with Gasteiger partial charge in [0.1, 0.15) is 5.82 Å². The first-order chi connectivity index (χ1) is 15.4. The topological polar surface area (TPSA) is 61.2 Å². The molecule has 1 fully saturated rings. The van der Waals surface area contributed by atoms with Crippen LogP contribution in [0.3, 0.4) is 0 Å². The molecular weight excluding hydrogens is 405 g/mol. The summed E-state index contributed by atoms with van der Waals surface area (Å²) in [5, 5.41) is 2.82. The Morgan fingerprint density at radius 2 is 1.66 bits per heavy atom. The number of nitrogens with zero attached hydrogens (tertiary/aromatic N) is 1. The van der Waals surface area contributed by atoms with E-state index in [-0.39, 0.29) is 11.5 Å². The molecular formula is C26H25FN3O2+. The normalized spacial score (nSPS) is 19.2. The van der Waals surface area contributed by atoms with Gasteiger partial charge in [-0.3, -0.25) is 9.59 Å². The number of hydrazone groups is 1. The molecule has 1 saturated heterocycles. The van der Waals surface area contributed by atoms with E-state index in [1.54, 1.807) is 4.68 Å². The van der Waals surface area contributed by atoms with Crippen molar-refractivity contribution in [2.45, 2.75) is 31.8 Å². The molecule has 3 aromatic rings. The lowest BCUT2D eigenvalue weighted by Gasteiger charge is -2.14. The van der Waals surface area contributed by atoms with Gasteiger partial charge in [0.05, 0.1) is 0 Å². The number of hydrogen-bond acceptors (Lipinski definition) is 2. The molecule has 5 nitrogen and oxygen atoms in total. The highest BCUT2D eigenvalue weighted by Crippen LogP contribution is 2.25. The summed E-state index contributed by atoms with van der Waals surface area (Å²) in [4.78, 5) is 25.6. The predicted molar refractivity (Wildman–Crippen MR) is 121 cm³/mol. The van der Waals surface area contributed by atoms with Gasteiger partial charge in [0.15, 0.2) is 6.04 Å². The van der Waals surface area contributed by atoms with Crippen LogP contribution in [0, 0.1) is 5.82 Å². The maximum atomic E-state index is 13.2. The molecule has 2 atom stereocenters. The molecule has 6 heteroatoms. The Bertz CT molecular complexity index is 1140. The van der Waals surface area contributed by atoms with Crippen molar-refractivity contribution in [2.24, 2.45) is 0 Å². The third kappa shape index (κ3) is 4.59. The molecule has 32 heavy (non-hydrogen) atoms. The van der Waals surface area contributed by atoms with Crippen LogP contribution in [0.2, 0.25) is 0 Å². The molecule has 0 aromatic heterocycles. The molecule has 0 spiro atoms.